The number of hydrogen-bond donors (Lipinski definition) is 1. The van der Waals surface area contributed by atoms with Gasteiger partial charge in [0.25, 0.3) is 0 Å². The van der Waals surface area contributed by atoms with Gasteiger partial charge in [0, 0.05) is 12.4 Å². The van der Waals surface area contributed by atoms with Crippen LogP contribution in [-0.2, 0) is 0 Å². The Balaban J connectivity index is 1.68. The summed E-state index contributed by atoms with van der Waals surface area (Å²) in [4.78, 5) is 10.9. The van der Waals surface area contributed by atoms with Gasteiger partial charge in [0.1, 0.15) is 0 Å². The molecule has 1 saturated heterocycles. The van der Waals surface area contributed by atoms with Crippen LogP contribution in [-0.4, -0.2) is 44.8 Å². The average Bonchev–Trinajstić information content (AvgIpc) is 2.96. The Morgan fingerprint density at radius 3 is 2.95 bits per heavy atom. The first-order chi connectivity index (χ1) is 10.2. The number of nitrogens with one attached hydrogen (secondary N) is 1. The number of aromatic nitrogens is 4. The molecule has 6 nitrogen and oxygen atoms in total. The zero-order valence-electron chi connectivity index (χ0n) is 12.2. The quantitative estimate of drug-likeness (QED) is 0.933. The Hall–Kier alpha value is -2.21. The minimum atomic E-state index is 0.483. The van der Waals surface area contributed by atoms with Gasteiger partial charge >= 0.3 is 0 Å². The standard InChI is InChI=1S/C15H20N6/c1-3-12-4-7-16-15(18-12)19-13-10-17-21(11-13)14-5-8-20(2)9-6-14/h3-4,7,10-11,14H,1,5-6,8-9H2,2H3,(H,16,18,19). The van der Waals surface area contributed by atoms with Crippen molar-refractivity contribution >= 4 is 17.7 Å². The molecule has 1 aliphatic rings. The van der Waals surface area contributed by atoms with E-state index in [1.54, 1.807) is 12.3 Å². The van der Waals surface area contributed by atoms with Crippen molar-refractivity contribution in [2.45, 2.75) is 18.9 Å². The highest BCUT2D eigenvalue weighted by Gasteiger charge is 2.18. The maximum Gasteiger partial charge on any atom is 0.227 e. The number of likely N-dealkylation sites (tertiary alicyclic amines) is 1. The third kappa shape index (κ3) is 3.28. The first kappa shape index (κ1) is 13.8. The van der Waals surface area contributed by atoms with Gasteiger partial charge in [-0.1, -0.05) is 6.58 Å². The third-order valence-electron chi connectivity index (χ3n) is 3.81. The zero-order valence-corrected chi connectivity index (χ0v) is 12.2. The average molecular weight is 284 g/mol. The molecule has 0 spiro atoms. The van der Waals surface area contributed by atoms with Crippen molar-refractivity contribution in [3.05, 3.63) is 36.9 Å². The molecule has 21 heavy (non-hydrogen) atoms. The topological polar surface area (TPSA) is 58.9 Å². The fourth-order valence-electron chi connectivity index (χ4n) is 2.54. The molecule has 0 unspecified atom stereocenters. The number of rotatable bonds is 4. The van der Waals surface area contributed by atoms with Gasteiger partial charge in [0.15, 0.2) is 0 Å². The maximum absolute atomic E-state index is 4.46. The Labute approximate surface area is 124 Å². The van der Waals surface area contributed by atoms with Crippen molar-refractivity contribution in [3.8, 4) is 0 Å². The summed E-state index contributed by atoms with van der Waals surface area (Å²) in [6.07, 6.45) is 9.55. The van der Waals surface area contributed by atoms with Crippen LogP contribution in [0, 0.1) is 0 Å². The van der Waals surface area contributed by atoms with Crippen LogP contribution in [0.1, 0.15) is 24.6 Å². The number of hydrogen-bond acceptors (Lipinski definition) is 5. The second-order valence-corrected chi connectivity index (χ2v) is 5.38. The number of nitrogens with zero attached hydrogens (tertiary/aromatic N) is 5. The molecule has 2 aromatic rings. The molecule has 1 N–H and O–H groups in total. The molecule has 0 radical (unpaired) electrons. The molecule has 0 aliphatic carbocycles. The summed E-state index contributed by atoms with van der Waals surface area (Å²) in [6.45, 7) is 5.96. The van der Waals surface area contributed by atoms with Gasteiger partial charge in [-0.3, -0.25) is 4.68 Å². The molecule has 0 saturated carbocycles. The summed E-state index contributed by atoms with van der Waals surface area (Å²) in [5.41, 5.74) is 1.71. The molecular formula is C15H20N6. The van der Waals surface area contributed by atoms with Gasteiger partial charge < -0.3 is 10.2 Å². The lowest BCUT2D eigenvalue weighted by molar-refractivity contribution is 0.212. The molecule has 0 atom stereocenters. The van der Waals surface area contributed by atoms with E-state index in [0.717, 1.165) is 37.3 Å². The van der Waals surface area contributed by atoms with Crippen LogP contribution in [0.4, 0.5) is 11.6 Å². The SMILES string of the molecule is C=Cc1ccnc(Nc2cnn(C3CCN(C)CC3)c2)n1. The molecule has 3 heterocycles. The lowest BCUT2D eigenvalue weighted by atomic mass is 10.1. The van der Waals surface area contributed by atoms with Gasteiger partial charge in [-0.25, -0.2) is 9.97 Å². The van der Waals surface area contributed by atoms with Crippen molar-refractivity contribution in [2.75, 3.05) is 25.5 Å². The van der Waals surface area contributed by atoms with Crippen molar-refractivity contribution in [1.82, 2.24) is 24.6 Å². The first-order valence-electron chi connectivity index (χ1n) is 7.20. The van der Waals surface area contributed by atoms with E-state index in [9.17, 15) is 0 Å². The summed E-state index contributed by atoms with van der Waals surface area (Å²) in [6, 6.07) is 2.30. The highest BCUT2D eigenvalue weighted by Crippen LogP contribution is 2.23. The lowest BCUT2D eigenvalue weighted by Gasteiger charge is -2.28. The van der Waals surface area contributed by atoms with E-state index in [0.29, 0.717) is 12.0 Å². The summed E-state index contributed by atoms with van der Waals surface area (Å²) in [5, 5.41) is 7.65. The number of anilines is 2. The molecular weight excluding hydrogens is 264 g/mol. The molecule has 3 rings (SSSR count). The Kier molecular flexibility index (Phi) is 3.96. The van der Waals surface area contributed by atoms with Gasteiger partial charge in [0.05, 0.1) is 23.6 Å². The van der Waals surface area contributed by atoms with E-state index in [1.807, 2.05) is 23.1 Å². The van der Waals surface area contributed by atoms with Gasteiger partial charge in [-0.05, 0) is 45.1 Å². The molecule has 0 amide bonds. The Morgan fingerprint density at radius 2 is 2.19 bits per heavy atom. The molecule has 0 bridgehead atoms. The van der Waals surface area contributed by atoms with E-state index >= 15 is 0 Å². The Bertz CT molecular complexity index is 612. The molecule has 1 aliphatic heterocycles. The van der Waals surface area contributed by atoms with Gasteiger partial charge in [-0.2, -0.15) is 5.10 Å². The zero-order chi connectivity index (χ0) is 14.7. The second kappa shape index (κ2) is 6.05. The molecule has 110 valence electrons. The highest BCUT2D eigenvalue weighted by atomic mass is 15.3. The molecule has 6 heteroatoms. The van der Waals surface area contributed by atoms with Gasteiger partial charge in [0.2, 0.25) is 5.95 Å². The molecule has 1 fully saturated rings. The van der Waals surface area contributed by atoms with Gasteiger partial charge in [-0.15, -0.1) is 0 Å². The summed E-state index contributed by atoms with van der Waals surface area (Å²) in [7, 11) is 2.16. The van der Waals surface area contributed by atoms with E-state index in [4.69, 9.17) is 0 Å². The third-order valence-corrected chi connectivity index (χ3v) is 3.81. The lowest BCUT2D eigenvalue weighted by Crippen LogP contribution is -2.31. The maximum atomic E-state index is 4.46. The van der Waals surface area contributed by atoms with E-state index < -0.39 is 0 Å². The predicted octanol–water partition coefficient (Wildman–Crippen LogP) is 2.33. The molecule has 2 aromatic heterocycles. The normalized spacial score (nSPS) is 16.8. The summed E-state index contributed by atoms with van der Waals surface area (Å²) in [5.74, 6) is 0.565. The van der Waals surface area contributed by atoms with Crippen LogP contribution in [0.25, 0.3) is 6.08 Å². The Morgan fingerprint density at radius 1 is 1.38 bits per heavy atom. The van der Waals surface area contributed by atoms with Crippen LogP contribution in [0.2, 0.25) is 0 Å². The summed E-state index contributed by atoms with van der Waals surface area (Å²) < 4.78 is 2.05. The van der Waals surface area contributed by atoms with Crippen LogP contribution < -0.4 is 5.32 Å². The van der Waals surface area contributed by atoms with Crippen molar-refractivity contribution in [3.63, 3.8) is 0 Å². The smallest absolute Gasteiger partial charge is 0.227 e. The van der Waals surface area contributed by atoms with Crippen LogP contribution in [0.5, 0.6) is 0 Å². The monoisotopic (exact) mass is 284 g/mol. The fourth-order valence-corrected chi connectivity index (χ4v) is 2.54. The minimum absolute atomic E-state index is 0.483. The van der Waals surface area contributed by atoms with Crippen LogP contribution >= 0.6 is 0 Å². The van der Waals surface area contributed by atoms with Crippen molar-refractivity contribution in [2.24, 2.45) is 0 Å². The largest absolute Gasteiger partial charge is 0.321 e. The van der Waals surface area contributed by atoms with E-state index in [1.165, 1.54) is 0 Å². The first-order valence-corrected chi connectivity index (χ1v) is 7.20. The van der Waals surface area contributed by atoms with E-state index in [-0.39, 0.29) is 0 Å². The summed E-state index contributed by atoms with van der Waals surface area (Å²) >= 11 is 0. The predicted molar refractivity (Wildman–Crippen MR) is 83.4 cm³/mol. The highest BCUT2D eigenvalue weighted by molar-refractivity contribution is 5.52. The van der Waals surface area contributed by atoms with E-state index in [2.05, 4.69) is 38.9 Å². The van der Waals surface area contributed by atoms with Crippen LogP contribution in [0.3, 0.4) is 0 Å². The fraction of sp³-hybridized carbons (Fsp3) is 0.400. The van der Waals surface area contributed by atoms with Crippen LogP contribution in [0.15, 0.2) is 31.2 Å². The second-order valence-electron chi connectivity index (χ2n) is 5.38. The minimum Gasteiger partial charge on any atom is -0.321 e. The van der Waals surface area contributed by atoms with Crippen molar-refractivity contribution in [1.29, 1.82) is 0 Å². The number of piperidine rings is 1. The molecule has 0 aromatic carbocycles. The van der Waals surface area contributed by atoms with Crippen molar-refractivity contribution < 1.29 is 0 Å².